The molecule has 0 spiro atoms. The number of Topliss-reactive ketones (excluding diaryl/α,β-unsaturated/α-hetero) is 1. The van der Waals surface area contributed by atoms with Crippen molar-refractivity contribution in [3.8, 4) is 0 Å². The van der Waals surface area contributed by atoms with Crippen LogP contribution in [0.2, 0.25) is 5.02 Å². The first-order chi connectivity index (χ1) is 11.7. The Balaban J connectivity index is 1.78. The number of rotatable bonds is 3. The zero-order valence-corrected chi connectivity index (χ0v) is 13.9. The second-order valence-electron chi connectivity index (χ2n) is 6.08. The van der Waals surface area contributed by atoms with Crippen LogP contribution >= 0.6 is 11.6 Å². The topological polar surface area (TPSA) is 42.0 Å². The summed E-state index contributed by atoms with van der Waals surface area (Å²) in [6.45, 7) is 0.644. The molecule has 0 saturated heterocycles. The van der Waals surface area contributed by atoms with E-state index in [9.17, 15) is 4.79 Å². The average molecular weight is 337 g/mol. The van der Waals surface area contributed by atoms with Crippen LogP contribution in [0.15, 0.2) is 48.5 Å². The van der Waals surface area contributed by atoms with Crippen molar-refractivity contribution in [1.29, 1.82) is 0 Å². The lowest BCUT2D eigenvalue weighted by molar-refractivity contribution is 0.0972. The van der Waals surface area contributed by atoms with Gasteiger partial charge in [-0.3, -0.25) is 9.78 Å². The van der Waals surface area contributed by atoms with Gasteiger partial charge in [0.2, 0.25) is 0 Å². The predicted octanol–water partition coefficient (Wildman–Crippen LogP) is 5.02. The number of aryl methyl sites for hydroxylation is 1. The summed E-state index contributed by atoms with van der Waals surface area (Å²) in [5.74, 6) is 0.188. The number of benzene rings is 2. The van der Waals surface area contributed by atoms with Gasteiger partial charge in [-0.15, -0.1) is 0 Å². The molecule has 4 rings (SSSR count). The van der Waals surface area contributed by atoms with E-state index in [1.165, 1.54) is 0 Å². The highest BCUT2D eigenvalue weighted by molar-refractivity contribution is 6.30. The highest BCUT2D eigenvalue weighted by atomic mass is 35.5. The Morgan fingerprint density at radius 3 is 2.67 bits per heavy atom. The van der Waals surface area contributed by atoms with Gasteiger partial charge in [0.15, 0.2) is 5.78 Å². The van der Waals surface area contributed by atoms with Gasteiger partial charge in [-0.25, -0.2) is 0 Å². The number of para-hydroxylation sites is 1. The van der Waals surface area contributed by atoms with E-state index in [-0.39, 0.29) is 5.78 Å². The van der Waals surface area contributed by atoms with Crippen molar-refractivity contribution in [2.75, 3.05) is 5.32 Å². The molecule has 0 unspecified atom stereocenters. The number of hydrogen-bond donors (Lipinski definition) is 1. The quantitative estimate of drug-likeness (QED) is 0.730. The summed E-state index contributed by atoms with van der Waals surface area (Å²) in [7, 11) is 0. The first-order valence-electron chi connectivity index (χ1n) is 8.15. The highest BCUT2D eigenvalue weighted by Crippen LogP contribution is 2.33. The summed E-state index contributed by atoms with van der Waals surface area (Å²) >= 11 is 5.95. The lowest BCUT2D eigenvalue weighted by Gasteiger charge is -2.20. The van der Waals surface area contributed by atoms with Crippen LogP contribution in [-0.4, -0.2) is 10.8 Å². The molecule has 0 atom stereocenters. The third-order valence-corrected chi connectivity index (χ3v) is 4.70. The fraction of sp³-hybridized carbons (Fsp3) is 0.200. The number of anilines is 1. The normalized spacial score (nSPS) is 13.8. The molecule has 3 nitrogen and oxygen atoms in total. The van der Waals surface area contributed by atoms with Gasteiger partial charge < -0.3 is 5.32 Å². The molecule has 0 aliphatic heterocycles. The SMILES string of the molecule is O=C1CCCc2nc3ccccc3c(NCc3ccc(Cl)cc3)c21. The Bertz CT molecular complexity index is 919. The Labute approximate surface area is 145 Å². The smallest absolute Gasteiger partial charge is 0.166 e. The first kappa shape index (κ1) is 15.2. The van der Waals surface area contributed by atoms with E-state index in [4.69, 9.17) is 16.6 Å². The van der Waals surface area contributed by atoms with Crippen molar-refractivity contribution in [3.05, 3.63) is 70.4 Å². The van der Waals surface area contributed by atoms with Crippen LogP contribution in [0.1, 0.15) is 34.5 Å². The minimum atomic E-state index is 0.188. The van der Waals surface area contributed by atoms with Crippen LogP contribution < -0.4 is 5.32 Å². The molecule has 1 N–H and O–H groups in total. The number of hydrogen-bond acceptors (Lipinski definition) is 3. The molecule has 1 aliphatic rings. The van der Waals surface area contributed by atoms with E-state index in [1.807, 2.05) is 48.5 Å². The fourth-order valence-corrected chi connectivity index (χ4v) is 3.39. The number of nitrogens with one attached hydrogen (secondary N) is 1. The molecule has 0 bridgehead atoms. The third kappa shape index (κ3) is 2.76. The number of nitrogens with zero attached hydrogens (tertiary/aromatic N) is 1. The summed E-state index contributed by atoms with van der Waals surface area (Å²) in [6, 6.07) is 15.7. The molecule has 120 valence electrons. The largest absolute Gasteiger partial charge is 0.380 e. The van der Waals surface area contributed by atoms with Crippen molar-refractivity contribution < 1.29 is 4.79 Å². The lowest BCUT2D eigenvalue weighted by atomic mass is 9.91. The Morgan fingerprint density at radius 2 is 1.83 bits per heavy atom. The van der Waals surface area contributed by atoms with Gasteiger partial charge in [0.25, 0.3) is 0 Å². The number of halogens is 1. The Kier molecular flexibility index (Phi) is 3.95. The standard InChI is InChI=1S/C20H17ClN2O/c21-14-10-8-13(9-11-14)12-22-20-15-4-1-2-5-16(15)23-17-6-3-7-18(24)19(17)20/h1-2,4-5,8-11H,3,6-7,12H2,(H,22,23). The number of aromatic nitrogens is 1. The second-order valence-corrected chi connectivity index (χ2v) is 6.52. The molecule has 0 fully saturated rings. The maximum atomic E-state index is 12.5. The monoisotopic (exact) mass is 336 g/mol. The molecule has 24 heavy (non-hydrogen) atoms. The van der Waals surface area contributed by atoms with Crippen molar-refractivity contribution in [2.45, 2.75) is 25.8 Å². The van der Waals surface area contributed by atoms with E-state index in [1.54, 1.807) is 0 Å². The number of ketones is 1. The zero-order valence-electron chi connectivity index (χ0n) is 13.2. The van der Waals surface area contributed by atoms with Crippen molar-refractivity contribution in [3.63, 3.8) is 0 Å². The Morgan fingerprint density at radius 1 is 1.04 bits per heavy atom. The second kappa shape index (κ2) is 6.25. The zero-order chi connectivity index (χ0) is 16.5. The van der Waals surface area contributed by atoms with Crippen LogP contribution in [0, 0.1) is 0 Å². The predicted molar refractivity (Wildman–Crippen MR) is 97.8 cm³/mol. The van der Waals surface area contributed by atoms with E-state index in [2.05, 4.69) is 5.32 Å². The molecular formula is C20H17ClN2O. The third-order valence-electron chi connectivity index (χ3n) is 4.45. The number of carbonyl (C=O) groups excluding carboxylic acids is 1. The fourth-order valence-electron chi connectivity index (χ4n) is 3.26. The molecular weight excluding hydrogens is 320 g/mol. The molecule has 1 heterocycles. The van der Waals surface area contributed by atoms with E-state index >= 15 is 0 Å². The van der Waals surface area contributed by atoms with E-state index in [0.717, 1.165) is 51.3 Å². The maximum Gasteiger partial charge on any atom is 0.166 e. The Hall–Kier alpha value is -2.39. The summed E-state index contributed by atoms with van der Waals surface area (Å²) in [5.41, 5.74) is 4.66. The molecule has 3 aromatic rings. The molecule has 0 amide bonds. The van der Waals surface area contributed by atoms with Crippen LogP contribution in [0.25, 0.3) is 10.9 Å². The molecule has 0 radical (unpaired) electrons. The summed E-state index contributed by atoms with van der Waals surface area (Å²) in [4.78, 5) is 17.2. The van der Waals surface area contributed by atoms with Crippen molar-refractivity contribution in [1.82, 2.24) is 4.98 Å². The first-order valence-corrected chi connectivity index (χ1v) is 8.53. The van der Waals surface area contributed by atoms with Crippen LogP contribution in [0.4, 0.5) is 5.69 Å². The van der Waals surface area contributed by atoms with E-state index < -0.39 is 0 Å². The molecule has 0 saturated carbocycles. The van der Waals surface area contributed by atoms with Gasteiger partial charge in [-0.1, -0.05) is 41.9 Å². The maximum absolute atomic E-state index is 12.5. The van der Waals surface area contributed by atoms with Crippen molar-refractivity contribution >= 4 is 34.0 Å². The highest BCUT2D eigenvalue weighted by Gasteiger charge is 2.24. The van der Waals surface area contributed by atoms with Crippen molar-refractivity contribution in [2.24, 2.45) is 0 Å². The number of pyridine rings is 1. The molecule has 4 heteroatoms. The molecule has 1 aliphatic carbocycles. The van der Waals surface area contributed by atoms with Gasteiger partial charge >= 0.3 is 0 Å². The van der Waals surface area contributed by atoms with Crippen LogP contribution in [-0.2, 0) is 13.0 Å². The van der Waals surface area contributed by atoms with Gasteiger partial charge in [-0.05, 0) is 36.6 Å². The van der Waals surface area contributed by atoms with Gasteiger partial charge in [0, 0.05) is 23.4 Å². The van der Waals surface area contributed by atoms with Crippen LogP contribution in [0.3, 0.4) is 0 Å². The molecule has 2 aromatic carbocycles. The number of carbonyl (C=O) groups is 1. The summed E-state index contributed by atoms with van der Waals surface area (Å²) < 4.78 is 0. The number of fused-ring (bicyclic) bond motifs is 2. The lowest BCUT2D eigenvalue weighted by Crippen LogP contribution is -2.16. The molecule has 1 aromatic heterocycles. The summed E-state index contributed by atoms with van der Waals surface area (Å²) in [5, 5.41) is 5.20. The van der Waals surface area contributed by atoms with E-state index in [0.29, 0.717) is 13.0 Å². The van der Waals surface area contributed by atoms with Crippen LogP contribution in [0.5, 0.6) is 0 Å². The minimum Gasteiger partial charge on any atom is -0.380 e. The average Bonchev–Trinajstić information content (AvgIpc) is 2.60. The minimum absolute atomic E-state index is 0.188. The van der Waals surface area contributed by atoms with Gasteiger partial charge in [-0.2, -0.15) is 0 Å². The van der Waals surface area contributed by atoms with Gasteiger partial charge in [0.05, 0.1) is 22.5 Å². The van der Waals surface area contributed by atoms with Gasteiger partial charge in [0.1, 0.15) is 0 Å². The summed E-state index contributed by atoms with van der Waals surface area (Å²) in [6.07, 6.45) is 2.35.